The van der Waals surface area contributed by atoms with Crippen molar-refractivity contribution in [3.05, 3.63) is 58.1 Å². The van der Waals surface area contributed by atoms with Gasteiger partial charge in [0.2, 0.25) is 0 Å². The second-order valence-electron chi connectivity index (χ2n) is 4.01. The van der Waals surface area contributed by atoms with Crippen molar-refractivity contribution in [3.8, 4) is 16.4 Å². The van der Waals surface area contributed by atoms with E-state index < -0.39 is 0 Å². The van der Waals surface area contributed by atoms with E-state index in [9.17, 15) is 0 Å². The van der Waals surface area contributed by atoms with E-state index in [4.69, 9.17) is 0 Å². The SMILES string of the molecule is Cc1cnc(-c2cccs2)n1-c1ccc(Br)cc1. The van der Waals surface area contributed by atoms with Gasteiger partial charge in [0.1, 0.15) is 0 Å². The van der Waals surface area contributed by atoms with Gasteiger partial charge in [-0.3, -0.25) is 4.57 Å². The lowest BCUT2D eigenvalue weighted by Crippen LogP contribution is -1.98. The number of nitrogens with zero attached hydrogens (tertiary/aromatic N) is 2. The Morgan fingerprint density at radius 1 is 1.17 bits per heavy atom. The molecular formula is C14H11BrN2S. The number of rotatable bonds is 2. The fraction of sp³-hybridized carbons (Fsp3) is 0.0714. The van der Waals surface area contributed by atoms with Crippen LogP contribution in [-0.4, -0.2) is 9.55 Å². The molecule has 0 saturated carbocycles. The molecule has 0 aliphatic carbocycles. The molecule has 0 saturated heterocycles. The first-order valence-corrected chi connectivity index (χ1v) is 7.27. The first-order chi connectivity index (χ1) is 8.75. The maximum atomic E-state index is 4.52. The number of aromatic nitrogens is 2. The monoisotopic (exact) mass is 318 g/mol. The van der Waals surface area contributed by atoms with Gasteiger partial charge in [0.25, 0.3) is 0 Å². The number of imidazole rings is 1. The Balaban J connectivity index is 2.17. The number of thiophene rings is 1. The molecule has 1 aromatic carbocycles. The van der Waals surface area contributed by atoms with Gasteiger partial charge >= 0.3 is 0 Å². The minimum atomic E-state index is 1.00. The largest absolute Gasteiger partial charge is 0.296 e. The zero-order chi connectivity index (χ0) is 12.5. The standard InChI is InChI=1S/C14H11BrN2S/c1-10-9-16-14(13-3-2-8-18-13)17(10)12-6-4-11(15)5-7-12/h2-9H,1H3. The van der Waals surface area contributed by atoms with Crippen LogP contribution in [0.3, 0.4) is 0 Å². The molecule has 0 amide bonds. The molecule has 2 heterocycles. The molecule has 0 atom stereocenters. The minimum absolute atomic E-state index is 1.00. The third-order valence-corrected chi connectivity index (χ3v) is 4.16. The van der Waals surface area contributed by atoms with Crippen LogP contribution in [-0.2, 0) is 0 Å². The zero-order valence-corrected chi connectivity index (χ0v) is 12.2. The minimum Gasteiger partial charge on any atom is -0.296 e. The van der Waals surface area contributed by atoms with Gasteiger partial charge in [0, 0.05) is 22.1 Å². The van der Waals surface area contributed by atoms with Crippen LogP contribution in [0.25, 0.3) is 16.4 Å². The summed E-state index contributed by atoms with van der Waals surface area (Å²) in [5, 5.41) is 2.07. The first kappa shape index (κ1) is 11.7. The van der Waals surface area contributed by atoms with E-state index in [2.05, 4.69) is 62.1 Å². The highest BCUT2D eigenvalue weighted by atomic mass is 79.9. The van der Waals surface area contributed by atoms with Gasteiger partial charge in [-0.1, -0.05) is 22.0 Å². The second kappa shape index (κ2) is 4.71. The molecule has 0 aliphatic heterocycles. The third-order valence-electron chi connectivity index (χ3n) is 2.76. The van der Waals surface area contributed by atoms with E-state index in [-0.39, 0.29) is 0 Å². The molecule has 0 N–H and O–H groups in total. The molecular weight excluding hydrogens is 308 g/mol. The van der Waals surface area contributed by atoms with Crippen LogP contribution in [0.1, 0.15) is 5.69 Å². The number of hydrogen-bond donors (Lipinski definition) is 0. The Hall–Kier alpha value is -1.39. The smallest absolute Gasteiger partial charge is 0.154 e. The van der Waals surface area contributed by atoms with Crippen LogP contribution in [0.4, 0.5) is 0 Å². The Morgan fingerprint density at radius 3 is 2.61 bits per heavy atom. The molecule has 3 rings (SSSR count). The van der Waals surface area contributed by atoms with Crippen molar-refractivity contribution in [2.45, 2.75) is 6.92 Å². The molecule has 0 radical (unpaired) electrons. The van der Waals surface area contributed by atoms with Crippen LogP contribution in [0.2, 0.25) is 0 Å². The predicted octanol–water partition coefficient (Wildman–Crippen LogP) is 4.67. The fourth-order valence-electron chi connectivity index (χ4n) is 1.93. The molecule has 0 fully saturated rings. The van der Waals surface area contributed by atoms with Crippen LogP contribution in [0.5, 0.6) is 0 Å². The summed E-state index contributed by atoms with van der Waals surface area (Å²) in [7, 11) is 0. The molecule has 0 bridgehead atoms. The summed E-state index contributed by atoms with van der Waals surface area (Å²) in [5.41, 5.74) is 2.28. The molecule has 90 valence electrons. The van der Waals surface area contributed by atoms with Gasteiger partial charge in [-0.25, -0.2) is 4.98 Å². The van der Waals surface area contributed by atoms with Gasteiger partial charge in [-0.15, -0.1) is 11.3 Å². The van der Waals surface area contributed by atoms with Crippen LogP contribution in [0, 0.1) is 6.92 Å². The Kier molecular flexibility index (Phi) is 3.06. The Morgan fingerprint density at radius 2 is 1.94 bits per heavy atom. The summed E-state index contributed by atoms with van der Waals surface area (Å²) in [4.78, 5) is 5.70. The zero-order valence-electron chi connectivity index (χ0n) is 9.80. The van der Waals surface area contributed by atoms with E-state index in [0.29, 0.717) is 0 Å². The van der Waals surface area contributed by atoms with E-state index >= 15 is 0 Å². The van der Waals surface area contributed by atoms with Crippen molar-refractivity contribution in [2.75, 3.05) is 0 Å². The van der Waals surface area contributed by atoms with Gasteiger partial charge < -0.3 is 0 Å². The molecule has 2 aromatic heterocycles. The lowest BCUT2D eigenvalue weighted by atomic mass is 10.3. The average Bonchev–Trinajstić information content (AvgIpc) is 2.99. The van der Waals surface area contributed by atoms with Crippen molar-refractivity contribution in [3.63, 3.8) is 0 Å². The van der Waals surface area contributed by atoms with Gasteiger partial charge in [-0.05, 0) is 42.6 Å². The molecule has 18 heavy (non-hydrogen) atoms. The molecule has 0 spiro atoms. The van der Waals surface area contributed by atoms with E-state index in [1.165, 1.54) is 4.88 Å². The average molecular weight is 319 g/mol. The van der Waals surface area contributed by atoms with E-state index in [0.717, 1.165) is 21.7 Å². The summed E-state index contributed by atoms with van der Waals surface area (Å²) >= 11 is 5.17. The van der Waals surface area contributed by atoms with Crippen molar-refractivity contribution in [1.82, 2.24) is 9.55 Å². The van der Waals surface area contributed by atoms with Crippen molar-refractivity contribution in [2.24, 2.45) is 0 Å². The Labute approximate surface area is 118 Å². The summed E-state index contributed by atoms with van der Waals surface area (Å²) in [5.74, 6) is 1.00. The van der Waals surface area contributed by atoms with Gasteiger partial charge in [0.15, 0.2) is 5.82 Å². The molecule has 0 aliphatic rings. The Bertz CT molecular complexity index is 654. The molecule has 0 unspecified atom stereocenters. The summed E-state index contributed by atoms with van der Waals surface area (Å²) in [6.45, 7) is 2.08. The molecule has 3 aromatic rings. The normalized spacial score (nSPS) is 10.8. The third kappa shape index (κ3) is 2.02. The summed E-state index contributed by atoms with van der Waals surface area (Å²) in [6.07, 6.45) is 1.91. The topological polar surface area (TPSA) is 17.8 Å². The molecule has 4 heteroatoms. The number of hydrogen-bond acceptors (Lipinski definition) is 2. The maximum Gasteiger partial charge on any atom is 0.154 e. The van der Waals surface area contributed by atoms with Crippen molar-refractivity contribution in [1.29, 1.82) is 0 Å². The fourth-order valence-corrected chi connectivity index (χ4v) is 2.91. The second-order valence-corrected chi connectivity index (χ2v) is 5.88. The highest BCUT2D eigenvalue weighted by Crippen LogP contribution is 2.27. The first-order valence-electron chi connectivity index (χ1n) is 5.60. The predicted molar refractivity (Wildman–Crippen MR) is 79.3 cm³/mol. The van der Waals surface area contributed by atoms with Crippen LogP contribution >= 0.6 is 27.3 Å². The lowest BCUT2D eigenvalue weighted by Gasteiger charge is -2.09. The van der Waals surface area contributed by atoms with Crippen molar-refractivity contribution >= 4 is 27.3 Å². The van der Waals surface area contributed by atoms with Crippen molar-refractivity contribution < 1.29 is 0 Å². The van der Waals surface area contributed by atoms with E-state index in [1.807, 2.05) is 18.3 Å². The van der Waals surface area contributed by atoms with E-state index in [1.54, 1.807) is 11.3 Å². The number of benzene rings is 1. The number of halogens is 1. The lowest BCUT2D eigenvalue weighted by molar-refractivity contribution is 1.02. The van der Waals surface area contributed by atoms with Gasteiger partial charge in [0.05, 0.1) is 4.88 Å². The van der Waals surface area contributed by atoms with Crippen LogP contribution in [0.15, 0.2) is 52.4 Å². The maximum absolute atomic E-state index is 4.52. The molecule has 2 nitrogen and oxygen atoms in total. The summed E-state index contributed by atoms with van der Waals surface area (Å²) < 4.78 is 3.26. The van der Waals surface area contributed by atoms with Gasteiger partial charge in [-0.2, -0.15) is 0 Å². The summed E-state index contributed by atoms with van der Waals surface area (Å²) in [6, 6.07) is 12.4. The highest BCUT2D eigenvalue weighted by molar-refractivity contribution is 9.10. The number of aryl methyl sites for hydroxylation is 1. The highest BCUT2D eigenvalue weighted by Gasteiger charge is 2.11. The van der Waals surface area contributed by atoms with Crippen LogP contribution < -0.4 is 0 Å². The quantitative estimate of drug-likeness (QED) is 0.671.